The van der Waals surface area contributed by atoms with Crippen LogP contribution in [-0.2, 0) is 17.9 Å². The van der Waals surface area contributed by atoms with Gasteiger partial charge >= 0.3 is 0 Å². The first-order valence-corrected chi connectivity index (χ1v) is 11.0. The number of hydrogen-bond acceptors (Lipinski definition) is 5. The fraction of sp³-hybridized carbons (Fsp3) is 0.318. The summed E-state index contributed by atoms with van der Waals surface area (Å²) in [5.41, 5.74) is 3.99. The topological polar surface area (TPSA) is 69.0 Å². The molecule has 2 aromatic carbocycles. The first-order chi connectivity index (χ1) is 14.4. The molecule has 0 bridgehead atoms. The lowest BCUT2D eigenvalue weighted by molar-refractivity contribution is -0.113. The summed E-state index contributed by atoms with van der Waals surface area (Å²) in [6.07, 6.45) is 0. The Bertz CT molecular complexity index is 1050. The van der Waals surface area contributed by atoms with Crippen LogP contribution in [0.1, 0.15) is 29.4 Å². The lowest BCUT2D eigenvalue weighted by Gasteiger charge is -2.10. The smallest absolute Gasteiger partial charge is 0.234 e. The third-order valence-electron chi connectivity index (χ3n) is 4.60. The zero-order chi connectivity index (χ0) is 21.7. The largest absolute Gasteiger partial charge is 0.486 e. The van der Waals surface area contributed by atoms with Gasteiger partial charge in [-0.05, 0) is 63.1 Å². The van der Waals surface area contributed by atoms with Crippen LogP contribution < -0.4 is 10.1 Å². The number of nitrogens with zero attached hydrogens (tertiary/aromatic N) is 3. The molecule has 1 heterocycles. The molecule has 3 aromatic rings. The Hall–Kier alpha value is -2.51. The summed E-state index contributed by atoms with van der Waals surface area (Å²) in [6.45, 7) is 8.93. The standard InChI is InChI=1S/C22H25ClN4O2S/c1-5-27-20(12-29-17-7-8-18(23)15(3)11-17)25-26-22(27)30-13-21(28)24-19-9-6-14(2)10-16(19)4/h6-11H,5,12-13H2,1-4H3,(H,24,28). The quantitative estimate of drug-likeness (QED) is 0.484. The first kappa shape index (κ1) is 22.2. The molecule has 0 unspecified atom stereocenters. The molecule has 1 amide bonds. The summed E-state index contributed by atoms with van der Waals surface area (Å²) in [7, 11) is 0. The number of ether oxygens (including phenoxy) is 1. The number of carbonyl (C=O) groups excluding carboxylic acids is 1. The highest BCUT2D eigenvalue weighted by atomic mass is 35.5. The lowest BCUT2D eigenvalue weighted by atomic mass is 10.1. The maximum Gasteiger partial charge on any atom is 0.234 e. The highest BCUT2D eigenvalue weighted by Crippen LogP contribution is 2.23. The van der Waals surface area contributed by atoms with Crippen molar-refractivity contribution < 1.29 is 9.53 Å². The second-order valence-corrected chi connectivity index (χ2v) is 8.35. The summed E-state index contributed by atoms with van der Waals surface area (Å²) >= 11 is 7.42. The van der Waals surface area contributed by atoms with E-state index in [1.54, 1.807) is 0 Å². The van der Waals surface area contributed by atoms with Crippen molar-refractivity contribution in [3.63, 3.8) is 0 Å². The number of halogens is 1. The van der Waals surface area contributed by atoms with Gasteiger partial charge in [-0.25, -0.2) is 0 Å². The van der Waals surface area contributed by atoms with Crippen LogP contribution in [0.5, 0.6) is 5.75 Å². The molecular formula is C22H25ClN4O2S. The number of nitrogens with one attached hydrogen (secondary N) is 1. The molecule has 6 nitrogen and oxygen atoms in total. The van der Waals surface area contributed by atoms with Gasteiger partial charge < -0.3 is 14.6 Å². The highest BCUT2D eigenvalue weighted by Gasteiger charge is 2.14. The predicted octanol–water partition coefficient (Wildman–Crippen LogP) is 5.19. The van der Waals surface area contributed by atoms with E-state index in [-0.39, 0.29) is 18.3 Å². The number of rotatable bonds is 8. The van der Waals surface area contributed by atoms with E-state index in [4.69, 9.17) is 16.3 Å². The average Bonchev–Trinajstić information content (AvgIpc) is 3.11. The SMILES string of the molecule is CCn1c(COc2ccc(Cl)c(C)c2)nnc1SCC(=O)Nc1ccc(C)cc1C. The number of anilines is 1. The van der Waals surface area contributed by atoms with Crippen LogP contribution in [0.2, 0.25) is 5.02 Å². The van der Waals surface area contributed by atoms with Gasteiger partial charge in [-0.15, -0.1) is 10.2 Å². The van der Waals surface area contributed by atoms with E-state index in [0.29, 0.717) is 22.5 Å². The van der Waals surface area contributed by atoms with Gasteiger partial charge in [0, 0.05) is 17.3 Å². The van der Waals surface area contributed by atoms with E-state index in [2.05, 4.69) is 15.5 Å². The number of aromatic nitrogens is 3. The predicted molar refractivity (Wildman–Crippen MR) is 121 cm³/mol. The molecule has 3 rings (SSSR count). The molecule has 0 saturated carbocycles. The van der Waals surface area contributed by atoms with Crippen molar-refractivity contribution in [2.24, 2.45) is 0 Å². The molecule has 0 fully saturated rings. The summed E-state index contributed by atoms with van der Waals surface area (Å²) in [6, 6.07) is 11.5. The number of aryl methyl sites for hydroxylation is 3. The summed E-state index contributed by atoms with van der Waals surface area (Å²) in [5, 5.41) is 12.8. The molecule has 0 atom stereocenters. The second-order valence-electron chi connectivity index (χ2n) is 7.00. The monoisotopic (exact) mass is 444 g/mol. The Morgan fingerprint density at radius 1 is 1.13 bits per heavy atom. The maximum atomic E-state index is 12.4. The fourth-order valence-electron chi connectivity index (χ4n) is 2.98. The van der Waals surface area contributed by atoms with Gasteiger partial charge in [0.2, 0.25) is 5.91 Å². The van der Waals surface area contributed by atoms with Gasteiger partial charge in [-0.1, -0.05) is 41.1 Å². The number of carbonyl (C=O) groups is 1. The minimum Gasteiger partial charge on any atom is -0.486 e. The lowest BCUT2D eigenvalue weighted by Crippen LogP contribution is -2.15. The van der Waals surface area contributed by atoms with E-state index in [1.165, 1.54) is 17.3 Å². The molecule has 0 aliphatic carbocycles. The average molecular weight is 445 g/mol. The van der Waals surface area contributed by atoms with Crippen LogP contribution in [0.15, 0.2) is 41.6 Å². The van der Waals surface area contributed by atoms with Crippen LogP contribution in [0.4, 0.5) is 5.69 Å². The number of thioether (sulfide) groups is 1. The highest BCUT2D eigenvalue weighted by molar-refractivity contribution is 7.99. The van der Waals surface area contributed by atoms with E-state index in [0.717, 1.165) is 22.6 Å². The van der Waals surface area contributed by atoms with Crippen LogP contribution in [0, 0.1) is 20.8 Å². The second kappa shape index (κ2) is 10.00. The van der Waals surface area contributed by atoms with Gasteiger partial charge in [0.15, 0.2) is 11.0 Å². The third kappa shape index (κ3) is 5.55. The summed E-state index contributed by atoms with van der Waals surface area (Å²) < 4.78 is 7.80. The molecule has 0 radical (unpaired) electrons. The zero-order valence-corrected chi connectivity index (χ0v) is 19.1. The van der Waals surface area contributed by atoms with E-state index in [9.17, 15) is 4.79 Å². The molecule has 0 saturated heterocycles. The van der Waals surface area contributed by atoms with Crippen molar-refractivity contribution in [1.82, 2.24) is 14.8 Å². The molecular weight excluding hydrogens is 420 g/mol. The fourth-order valence-corrected chi connectivity index (χ4v) is 3.91. The summed E-state index contributed by atoms with van der Waals surface area (Å²) in [5.74, 6) is 1.61. The minimum atomic E-state index is -0.0768. The molecule has 0 spiro atoms. The van der Waals surface area contributed by atoms with Gasteiger partial charge in [-0.3, -0.25) is 4.79 Å². The molecule has 30 heavy (non-hydrogen) atoms. The van der Waals surface area contributed by atoms with E-state index < -0.39 is 0 Å². The third-order valence-corrected chi connectivity index (χ3v) is 5.99. The Morgan fingerprint density at radius 2 is 1.93 bits per heavy atom. The molecule has 8 heteroatoms. The van der Waals surface area contributed by atoms with E-state index >= 15 is 0 Å². The van der Waals surface area contributed by atoms with Crippen molar-refractivity contribution in [1.29, 1.82) is 0 Å². The van der Waals surface area contributed by atoms with Gasteiger partial charge in [0.1, 0.15) is 12.4 Å². The summed E-state index contributed by atoms with van der Waals surface area (Å²) in [4.78, 5) is 12.4. The molecule has 1 N–H and O–H groups in total. The van der Waals surface area contributed by atoms with Crippen molar-refractivity contribution in [3.8, 4) is 5.75 Å². The molecule has 0 aliphatic heterocycles. The maximum absolute atomic E-state index is 12.4. The number of hydrogen-bond donors (Lipinski definition) is 1. The normalized spacial score (nSPS) is 10.8. The Labute approximate surface area is 186 Å². The van der Waals surface area contributed by atoms with E-state index in [1.807, 2.05) is 68.7 Å². The minimum absolute atomic E-state index is 0.0768. The Balaban J connectivity index is 1.59. The van der Waals surface area contributed by atoms with Crippen molar-refractivity contribution in [3.05, 3.63) is 63.9 Å². The van der Waals surface area contributed by atoms with Crippen molar-refractivity contribution >= 4 is 35.0 Å². The number of benzene rings is 2. The van der Waals surface area contributed by atoms with Gasteiger partial charge in [0.25, 0.3) is 0 Å². The van der Waals surface area contributed by atoms with Crippen LogP contribution in [0.3, 0.4) is 0 Å². The van der Waals surface area contributed by atoms with Gasteiger partial charge in [0.05, 0.1) is 5.75 Å². The molecule has 158 valence electrons. The molecule has 1 aromatic heterocycles. The zero-order valence-electron chi connectivity index (χ0n) is 17.5. The van der Waals surface area contributed by atoms with Crippen molar-refractivity contribution in [2.75, 3.05) is 11.1 Å². The van der Waals surface area contributed by atoms with Crippen LogP contribution >= 0.6 is 23.4 Å². The van der Waals surface area contributed by atoms with Crippen molar-refractivity contribution in [2.45, 2.75) is 46.0 Å². The number of amides is 1. The van der Waals surface area contributed by atoms with Gasteiger partial charge in [-0.2, -0.15) is 0 Å². The first-order valence-electron chi connectivity index (χ1n) is 9.68. The Morgan fingerprint density at radius 3 is 2.63 bits per heavy atom. The van der Waals surface area contributed by atoms with Crippen LogP contribution in [-0.4, -0.2) is 26.4 Å². The van der Waals surface area contributed by atoms with Crippen LogP contribution in [0.25, 0.3) is 0 Å². The molecule has 0 aliphatic rings. The Kier molecular flexibility index (Phi) is 7.39.